The summed E-state index contributed by atoms with van der Waals surface area (Å²) in [5, 5.41) is 2.52. The molecule has 1 heterocycles. The largest absolute Gasteiger partial charge is 0.494 e. The normalized spacial score (nSPS) is 15.4. The first-order valence-electron chi connectivity index (χ1n) is 10.1. The van der Waals surface area contributed by atoms with Gasteiger partial charge in [0.1, 0.15) is 11.6 Å². The second-order valence-electron chi connectivity index (χ2n) is 7.23. The molecule has 0 aromatic heterocycles. The molecule has 1 fully saturated rings. The minimum Gasteiger partial charge on any atom is -0.494 e. The van der Waals surface area contributed by atoms with Gasteiger partial charge in [0.25, 0.3) is 0 Å². The Hall–Kier alpha value is -2.86. The summed E-state index contributed by atoms with van der Waals surface area (Å²) in [5.74, 6) is -1.08. The Kier molecular flexibility index (Phi) is 7.48. The molecule has 1 aliphatic heterocycles. The first-order valence-corrected chi connectivity index (χ1v) is 11.6. The van der Waals surface area contributed by atoms with Crippen LogP contribution in [-0.2, 0) is 21.0 Å². The number of carbonyl (C=O) groups excluding carboxylic acids is 1. The molecule has 2 aromatic carbocycles. The Morgan fingerprint density at radius 3 is 2.39 bits per heavy atom. The van der Waals surface area contributed by atoms with E-state index in [1.807, 2.05) is 0 Å². The number of hydrogen-bond donors (Lipinski definition) is 1. The summed E-state index contributed by atoms with van der Waals surface area (Å²) in [4.78, 5) is 13.7. The van der Waals surface area contributed by atoms with Crippen molar-refractivity contribution in [3.8, 4) is 5.75 Å². The van der Waals surface area contributed by atoms with E-state index in [-0.39, 0.29) is 49.1 Å². The molecule has 0 saturated carbocycles. The highest BCUT2D eigenvalue weighted by molar-refractivity contribution is 7.89. The quantitative estimate of drug-likeness (QED) is 0.605. The van der Waals surface area contributed by atoms with Crippen molar-refractivity contribution in [2.45, 2.75) is 18.0 Å². The number of benzene rings is 2. The number of amides is 1. The monoisotopic (exact) mass is 489 g/mol. The lowest BCUT2D eigenvalue weighted by Gasteiger charge is -2.34. The highest BCUT2D eigenvalue weighted by atomic mass is 32.2. The number of piperazine rings is 1. The van der Waals surface area contributed by atoms with Gasteiger partial charge in [0.2, 0.25) is 15.9 Å². The molecule has 1 saturated heterocycles. The number of anilines is 1. The predicted octanol–water partition coefficient (Wildman–Crippen LogP) is 3.19. The van der Waals surface area contributed by atoms with Gasteiger partial charge in [-0.3, -0.25) is 4.79 Å². The van der Waals surface area contributed by atoms with Gasteiger partial charge < -0.3 is 15.0 Å². The zero-order valence-electron chi connectivity index (χ0n) is 17.7. The lowest BCUT2D eigenvalue weighted by molar-refractivity contribution is -0.137. The maximum Gasteiger partial charge on any atom is 0.418 e. The van der Waals surface area contributed by atoms with Crippen molar-refractivity contribution in [2.24, 2.45) is 0 Å². The van der Waals surface area contributed by atoms with Gasteiger partial charge in [0, 0.05) is 31.9 Å². The molecule has 12 heteroatoms. The summed E-state index contributed by atoms with van der Waals surface area (Å²) in [6.45, 7) is 1.57. The highest BCUT2D eigenvalue weighted by Gasteiger charge is 2.35. The molecule has 0 aliphatic carbocycles. The molecular formula is C21H23F4N3O4S. The van der Waals surface area contributed by atoms with Crippen LogP contribution in [0.3, 0.4) is 0 Å². The van der Waals surface area contributed by atoms with E-state index in [4.69, 9.17) is 4.74 Å². The molecule has 33 heavy (non-hydrogen) atoms. The number of ether oxygens (including phenoxy) is 1. The molecule has 1 amide bonds. The summed E-state index contributed by atoms with van der Waals surface area (Å²) < 4.78 is 85.2. The average Bonchev–Trinajstić information content (AvgIpc) is 2.77. The van der Waals surface area contributed by atoms with Gasteiger partial charge in [-0.05, 0) is 43.3 Å². The third kappa shape index (κ3) is 5.93. The molecule has 2 aromatic rings. The van der Waals surface area contributed by atoms with E-state index in [1.165, 1.54) is 29.2 Å². The van der Waals surface area contributed by atoms with E-state index in [0.717, 1.165) is 22.5 Å². The number of alkyl halides is 3. The van der Waals surface area contributed by atoms with Crippen LogP contribution in [0.1, 0.15) is 12.5 Å². The Morgan fingerprint density at radius 2 is 1.79 bits per heavy atom. The van der Waals surface area contributed by atoms with Gasteiger partial charge >= 0.3 is 6.18 Å². The van der Waals surface area contributed by atoms with Crippen molar-refractivity contribution in [1.82, 2.24) is 9.21 Å². The van der Waals surface area contributed by atoms with Gasteiger partial charge in [0.05, 0.1) is 23.6 Å². The Balaban J connectivity index is 1.61. The third-order valence-corrected chi connectivity index (χ3v) is 6.96. The number of rotatable bonds is 7. The van der Waals surface area contributed by atoms with Gasteiger partial charge in [-0.1, -0.05) is 6.07 Å². The second-order valence-corrected chi connectivity index (χ2v) is 9.17. The van der Waals surface area contributed by atoms with E-state index < -0.39 is 40.0 Å². The number of carbonyl (C=O) groups is 1. The van der Waals surface area contributed by atoms with Gasteiger partial charge in [-0.15, -0.1) is 0 Å². The summed E-state index contributed by atoms with van der Waals surface area (Å²) >= 11 is 0. The van der Waals surface area contributed by atoms with Crippen LogP contribution in [-0.4, -0.2) is 62.9 Å². The minimum atomic E-state index is -4.64. The molecule has 1 aliphatic rings. The van der Waals surface area contributed by atoms with Crippen molar-refractivity contribution >= 4 is 21.6 Å². The highest BCUT2D eigenvalue weighted by Crippen LogP contribution is 2.37. The first-order chi connectivity index (χ1) is 15.5. The summed E-state index contributed by atoms with van der Waals surface area (Å²) in [6, 6.07) is 8.08. The van der Waals surface area contributed by atoms with Crippen LogP contribution in [0.2, 0.25) is 0 Å². The zero-order valence-corrected chi connectivity index (χ0v) is 18.5. The van der Waals surface area contributed by atoms with E-state index in [1.54, 1.807) is 6.92 Å². The van der Waals surface area contributed by atoms with Crippen LogP contribution in [0.4, 0.5) is 23.2 Å². The van der Waals surface area contributed by atoms with Crippen LogP contribution in [0.5, 0.6) is 5.75 Å². The van der Waals surface area contributed by atoms with Gasteiger partial charge in [-0.25, -0.2) is 12.8 Å². The smallest absolute Gasteiger partial charge is 0.418 e. The van der Waals surface area contributed by atoms with Crippen LogP contribution in [0, 0.1) is 5.82 Å². The fourth-order valence-corrected chi connectivity index (χ4v) is 4.86. The number of halogens is 4. The lowest BCUT2D eigenvalue weighted by atomic mass is 10.1. The average molecular weight is 489 g/mol. The Bertz CT molecular complexity index is 1100. The summed E-state index contributed by atoms with van der Waals surface area (Å²) in [6.07, 6.45) is -4.64. The number of nitrogens with zero attached hydrogens (tertiary/aromatic N) is 2. The number of hydrogen-bond acceptors (Lipinski definition) is 5. The SMILES string of the molecule is CCOc1ccc(NCC(=O)N2CCN(S(=O)(=O)c3cccc(F)c3)CC2)c(C(F)(F)F)c1. The lowest BCUT2D eigenvalue weighted by Crippen LogP contribution is -2.51. The molecule has 7 nitrogen and oxygen atoms in total. The Labute approximate surface area is 189 Å². The second kappa shape index (κ2) is 9.96. The van der Waals surface area contributed by atoms with Crippen molar-refractivity contribution in [3.63, 3.8) is 0 Å². The predicted molar refractivity (Wildman–Crippen MR) is 113 cm³/mol. The molecule has 0 bridgehead atoms. The van der Waals surface area contributed by atoms with Crippen LogP contribution < -0.4 is 10.1 Å². The van der Waals surface area contributed by atoms with E-state index in [0.29, 0.717) is 0 Å². The molecule has 3 rings (SSSR count). The molecule has 0 radical (unpaired) electrons. The molecule has 0 spiro atoms. The van der Waals surface area contributed by atoms with E-state index in [2.05, 4.69) is 5.32 Å². The first kappa shape index (κ1) is 24.8. The molecule has 0 atom stereocenters. The molecular weight excluding hydrogens is 466 g/mol. The van der Waals surface area contributed by atoms with Crippen molar-refractivity contribution in [3.05, 3.63) is 53.8 Å². The van der Waals surface area contributed by atoms with Crippen molar-refractivity contribution in [2.75, 3.05) is 44.6 Å². The van der Waals surface area contributed by atoms with E-state index >= 15 is 0 Å². The fourth-order valence-electron chi connectivity index (χ4n) is 3.41. The van der Waals surface area contributed by atoms with Crippen LogP contribution in [0.25, 0.3) is 0 Å². The third-order valence-electron chi connectivity index (χ3n) is 5.06. The molecule has 180 valence electrons. The van der Waals surface area contributed by atoms with Gasteiger partial charge in [-0.2, -0.15) is 17.5 Å². The van der Waals surface area contributed by atoms with E-state index in [9.17, 15) is 30.8 Å². The van der Waals surface area contributed by atoms with Crippen molar-refractivity contribution < 1.29 is 35.5 Å². The molecule has 1 N–H and O–H groups in total. The zero-order chi connectivity index (χ0) is 24.2. The maximum atomic E-state index is 13.4. The summed E-state index contributed by atoms with van der Waals surface area (Å²) in [7, 11) is -3.92. The maximum absolute atomic E-state index is 13.4. The number of nitrogens with one attached hydrogen (secondary N) is 1. The standard InChI is InChI=1S/C21H23F4N3O4S/c1-2-32-16-6-7-19(18(13-16)21(23,24)25)26-14-20(29)27-8-10-28(11-9-27)33(30,31)17-5-3-4-15(22)12-17/h3-7,12-13,26H,2,8-11,14H2,1H3. The fraction of sp³-hybridized carbons (Fsp3) is 0.381. The van der Waals surface area contributed by atoms with Crippen molar-refractivity contribution in [1.29, 1.82) is 0 Å². The van der Waals surface area contributed by atoms with Crippen LogP contribution >= 0.6 is 0 Å². The minimum absolute atomic E-state index is 0.0125. The summed E-state index contributed by atoms with van der Waals surface area (Å²) in [5.41, 5.74) is -1.21. The number of sulfonamides is 1. The van der Waals surface area contributed by atoms with Crippen LogP contribution in [0.15, 0.2) is 47.4 Å². The molecule has 0 unspecified atom stereocenters. The van der Waals surface area contributed by atoms with Gasteiger partial charge in [0.15, 0.2) is 0 Å². The Morgan fingerprint density at radius 1 is 1.09 bits per heavy atom. The topological polar surface area (TPSA) is 79.0 Å².